The number of anilines is 1. The first-order valence-electron chi connectivity index (χ1n) is 9.45. The normalized spacial score (nSPS) is 15.1. The lowest BCUT2D eigenvalue weighted by atomic mass is 10.1. The molecule has 0 aliphatic carbocycles. The van der Waals surface area contributed by atoms with Crippen molar-refractivity contribution in [3.63, 3.8) is 0 Å². The second-order valence-corrected chi connectivity index (χ2v) is 9.09. The van der Waals surface area contributed by atoms with E-state index >= 15 is 0 Å². The highest BCUT2D eigenvalue weighted by Crippen LogP contribution is 2.24. The van der Waals surface area contributed by atoms with Crippen LogP contribution in [0.2, 0.25) is 0 Å². The fraction of sp³-hybridized carbons (Fsp3) is 0.381. The van der Waals surface area contributed by atoms with Crippen LogP contribution < -0.4 is 10.1 Å². The third-order valence-corrected chi connectivity index (χ3v) is 6.55. The Morgan fingerprint density at radius 3 is 2.38 bits per heavy atom. The van der Waals surface area contributed by atoms with Gasteiger partial charge in [-0.3, -0.25) is 4.79 Å². The number of sulfonamides is 1. The maximum absolute atomic E-state index is 12.8. The number of ether oxygens (including phenoxy) is 2. The molecule has 0 spiro atoms. The molecule has 3 rings (SSSR count). The van der Waals surface area contributed by atoms with Gasteiger partial charge in [-0.05, 0) is 61.7 Å². The lowest BCUT2D eigenvalue weighted by Gasteiger charge is -2.26. The third-order valence-electron chi connectivity index (χ3n) is 4.66. The Labute approximate surface area is 171 Å². The summed E-state index contributed by atoms with van der Waals surface area (Å²) in [5.74, 6) is 0.270. The van der Waals surface area contributed by atoms with E-state index in [4.69, 9.17) is 9.47 Å². The zero-order valence-electron chi connectivity index (χ0n) is 16.9. The number of benzene rings is 2. The topological polar surface area (TPSA) is 84.9 Å². The van der Waals surface area contributed by atoms with Crippen molar-refractivity contribution < 1.29 is 22.7 Å². The molecule has 0 aromatic heterocycles. The molecule has 0 bridgehead atoms. The lowest BCUT2D eigenvalue weighted by molar-refractivity contribution is -0.118. The number of hydrogen-bond acceptors (Lipinski definition) is 5. The largest absolute Gasteiger partial charge is 0.484 e. The van der Waals surface area contributed by atoms with Crippen LogP contribution in [0.15, 0.2) is 41.3 Å². The van der Waals surface area contributed by atoms with Gasteiger partial charge in [-0.1, -0.05) is 12.1 Å². The number of rotatable bonds is 6. The van der Waals surface area contributed by atoms with Gasteiger partial charge in [0.25, 0.3) is 5.91 Å². The molecule has 0 atom stereocenters. The lowest BCUT2D eigenvalue weighted by Crippen LogP contribution is -2.40. The van der Waals surface area contributed by atoms with E-state index in [0.29, 0.717) is 37.7 Å². The summed E-state index contributed by atoms with van der Waals surface area (Å²) in [6, 6.07) is 10.5. The van der Waals surface area contributed by atoms with E-state index in [0.717, 1.165) is 16.7 Å². The van der Waals surface area contributed by atoms with Crippen molar-refractivity contribution in [2.45, 2.75) is 25.7 Å². The number of aryl methyl sites for hydroxylation is 3. The summed E-state index contributed by atoms with van der Waals surface area (Å²) in [4.78, 5) is 12.5. The number of nitrogens with one attached hydrogen (secondary N) is 1. The summed E-state index contributed by atoms with van der Waals surface area (Å²) in [5.41, 5.74) is 3.33. The van der Waals surface area contributed by atoms with Gasteiger partial charge in [0.15, 0.2) is 6.61 Å². The average molecular weight is 419 g/mol. The zero-order chi connectivity index (χ0) is 21.0. The minimum atomic E-state index is -3.63. The van der Waals surface area contributed by atoms with Crippen LogP contribution in [0.3, 0.4) is 0 Å². The number of nitrogens with zero attached hydrogens (tertiary/aromatic N) is 1. The zero-order valence-corrected chi connectivity index (χ0v) is 17.7. The van der Waals surface area contributed by atoms with Crippen LogP contribution in [0.25, 0.3) is 0 Å². The van der Waals surface area contributed by atoms with Crippen LogP contribution in [0.1, 0.15) is 16.7 Å². The van der Waals surface area contributed by atoms with Gasteiger partial charge in [0.1, 0.15) is 5.75 Å². The Morgan fingerprint density at radius 2 is 1.72 bits per heavy atom. The molecule has 1 heterocycles. The second-order valence-electron chi connectivity index (χ2n) is 7.15. The van der Waals surface area contributed by atoms with E-state index in [1.54, 1.807) is 12.1 Å². The summed E-state index contributed by atoms with van der Waals surface area (Å²) >= 11 is 0. The van der Waals surface area contributed by atoms with Crippen LogP contribution in [0.4, 0.5) is 5.69 Å². The standard InChI is InChI=1S/C21H26N2O5S/c1-15-10-16(2)12-18(11-15)28-14-21(24)22-20-13-19(5-4-17(20)3)29(25,26)23-6-8-27-9-7-23/h4-5,10-13H,6-9,14H2,1-3H3,(H,22,24). The van der Waals surface area contributed by atoms with Crippen molar-refractivity contribution in [3.8, 4) is 5.75 Å². The van der Waals surface area contributed by atoms with Gasteiger partial charge >= 0.3 is 0 Å². The minimum absolute atomic E-state index is 0.149. The third kappa shape index (κ3) is 5.35. The van der Waals surface area contributed by atoms with Crippen molar-refractivity contribution in [3.05, 3.63) is 53.1 Å². The van der Waals surface area contributed by atoms with Crippen molar-refractivity contribution in [2.24, 2.45) is 0 Å². The summed E-state index contributed by atoms with van der Waals surface area (Å²) in [5, 5.41) is 2.75. The molecule has 1 amide bonds. The summed E-state index contributed by atoms with van der Waals surface area (Å²) in [7, 11) is -3.63. The van der Waals surface area contributed by atoms with Gasteiger partial charge in [0.2, 0.25) is 10.0 Å². The first kappa shape index (κ1) is 21.3. The molecular formula is C21H26N2O5S. The molecule has 8 heteroatoms. The van der Waals surface area contributed by atoms with Gasteiger partial charge in [0.05, 0.1) is 18.1 Å². The van der Waals surface area contributed by atoms with Crippen LogP contribution in [-0.2, 0) is 19.6 Å². The smallest absolute Gasteiger partial charge is 0.262 e. The first-order valence-corrected chi connectivity index (χ1v) is 10.9. The molecule has 0 radical (unpaired) electrons. The average Bonchev–Trinajstić information content (AvgIpc) is 2.68. The molecule has 7 nitrogen and oxygen atoms in total. The van der Waals surface area contributed by atoms with Crippen molar-refractivity contribution in [2.75, 3.05) is 38.2 Å². The van der Waals surface area contributed by atoms with E-state index in [1.165, 1.54) is 10.4 Å². The van der Waals surface area contributed by atoms with Gasteiger partial charge < -0.3 is 14.8 Å². The highest BCUT2D eigenvalue weighted by molar-refractivity contribution is 7.89. The fourth-order valence-corrected chi connectivity index (χ4v) is 4.62. The van der Waals surface area contributed by atoms with Gasteiger partial charge in [0, 0.05) is 18.8 Å². The predicted molar refractivity (Wildman–Crippen MR) is 111 cm³/mol. The van der Waals surface area contributed by atoms with Gasteiger partial charge in [-0.25, -0.2) is 8.42 Å². The van der Waals surface area contributed by atoms with Crippen molar-refractivity contribution in [1.29, 1.82) is 0 Å². The van der Waals surface area contributed by atoms with E-state index in [-0.39, 0.29) is 17.4 Å². The molecule has 29 heavy (non-hydrogen) atoms. The number of hydrogen-bond donors (Lipinski definition) is 1. The summed E-state index contributed by atoms with van der Waals surface area (Å²) in [6.07, 6.45) is 0. The maximum atomic E-state index is 12.8. The van der Waals surface area contributed by atoms with Crippen LogP contribution in [0.5, 0.6) is 5.75 Å². The summed E-state index contributed by atoms with van der Waals surface area (Å²) in [6.45, 7) is 6.97. The van der Waals surface area contributed by atoms with E-state index in [9.17, 15) is 13.2 Å². The maximum Gasteiger partial charge on any atom is 0.262 e. The molecule has 0 unspecified atom stereocenters. The molecule has 0 saturated carbocycles. The van der Waals surface area contributed by atoms with Gasteiger partial charge in [-0.15, -0.1) is 0 Å². The molecule has 156 valence electrons. The number of carbonyl (C=O) groups excluding carboxylic acids is 1. The Kier molecular flexibility index (Phi) is 6.56. The predicted octanol–water partition coefficient (Wildman–Crippen LogP) is 2.65. The highest BCUT2D eigenvalue weighted by atomic mass is 32.2. The van der Waals surface area contributed by atoms with E-state index < -0.39 is 10.0 Å². The van der Waals surface area contributed by atoms with Crippen molar-refractivity contribution >= 4 is 21.6 Å². The highest BCUT2D eigenvalue weighted by Gasteiger charge is 2.26. The number of amides is 1. The molecule has 1 aliphatic heterocycles. The molecule has 1 fully saturated rings. The molecule has 1 N–H and O–H groups in total. The first-order chi connectivity index (χ1) is 13.8. The Balaban J connectivity index is 1.70. The second kappa shape index (κ2) is 8.94. The van der Waals surface area contributed by atoms with Crippen LogP contribution in [0, 0.1) is 20.8 Å². The molecule has 1 aliphatic rings. The summed E-state index contributed by atoms with van der Waals surface area (Å²) < 4.78 is 37.9. The number of carbonyl (C=O) groups is 1. The van der Waals surface area contributed by atoms with Crippen molar-refractivity contribution in [1.82, 2.24) is 4.31 Å². The molecular weight excluding hydrogens is 392 g/mol. The monoisotopic (exact) mass is 418 g/mol. The van der Waals surface area contributed by atoms with Crippen LogP contribution in [-0.4, -0.2) is 51.5 Å². The Hall–Kier alpha value is -2.42. The fourth-order valence-electron chi connectivity index (χ4n) is 3.18. The molecule has 1 saturated heterocycles. The van der Waals surface area contributed by atoms with Gasteiger partial charge in [-0.2, -0.15) is 4.31 Å². The number of morpholine rings is 1. The quantitative estimate of drug-likeness (QED) is 0.780. The Morgan fingerprint density at radius 1 is 1.07 bits per heavy atom. The van der Waals surface area contributed by atoms with E-state index in [2.05, 4.69) is 5.32 Å². The molecule has 2 aromatic rings. The van der Waals surface area contributed by atoms with E-state index in [1.807, 2.05) is 39.0 Å². The van der Waals surface area contributed by atoms with Crippen LogP contribution >= 0.6 is 0 Å². The SMILES string of the molecule is Cc1cc(C)cc(OCC(=O)Nc2cc(S(=O)(=O)N3CCOCC3)ccc2C)c1. The molecule has 2 aromatic carbocycles. The Bertz CT molecular complexity index is 978. The minimum Gasteiger partial charge on any atom is -0.484 e.